The van der Waals surface area contributed by atoms with Crippen molar-refractivity contribution in [3.8, 4) is 16.3 Å². The largest absolute Gasteiger partial charge is 0.497 e. The van der Waals surface area contributed by atoms with Crippen molar-refractivity contribution in [3.63, 3.8) is 0 Å². The van der Waals surface area contributed by atoms with E-state index >= 15 is 0 Å². The zero-order valence-corrected chi connectivity index (χ0v) is 14.8. The molecular formula is C17H17N5O2S. The van der Waals surface area contributed by atoms with E-state index in [1.165, 1.54) is 18.3 Å². The second-order valence-electron chi connectivity index (χ2n) is 5.24. The fraction of sp³-hybridized carbons (Fsp3) is 0.176. The number of nitrogens with zero attached hydrogens (tertiary/aromatic N) is 3. The van der Waals surface area contributed by atoms with Gasteiger partial charge in [-0.3, -0.25) is 4.79 Å². The van der Waals surface area contributed by atoms with Gasteiger partial charge in [0.2, 0.25) is 11.9 Å². The van der Waals surface area contributed by atoms with Gasteiger partial charge < -0.3 is 15.4 Å². The maximum Gasteiger partial charge on any atom is 0.227 e. The van der Waals surface area contributed by atoms with Crippen LogP contribution in [0.2, 0.25) is 0 Å². The molecule has 0 fully saturated rings. The van der Waals surface area contributed by atoms with Crippen LogP contribution in [-0.2, 0) is 4.79 Å². The van der Waals surface area contributed by atoms with Crippen LogP contribution in [0.4, 0.5) is 16.8 Å². The fourth-order valence-electron chi connectivity index (χ4n) is 2.21. The molecule has 0 saturated carbocycles. The lowest BCUT2D eigenvalue weighted by molar-refractivity contribution is -0.114. The van der Waals surface area contributed by atoms with Crippen LogP contribution in [-0.4, -0.2) is 28.0 Å². The van der Waals surface area contributed by atoms with Gasteiger partial charge in [-0.1, -0.05) is 17.4 Å². The van der Waals surface area contributed by atoms with Gasteiger partial charge in [0.25, 0.3) is 0 Å². The summed E-state index contributed by atoms with van der Waals surface area (Å²) in [4.78, 5) is 25.2. The second-order valence-corrected chi connectivity index (χ2v) is 6.24. The average molecular weight is 355 g/mol. The van der Waals surface area contributed by atoms with Crippen molar-refractivity contribution < 1.29 is 9.53 Å². The van der Waals surface area contributed by atoms with E-state index in [-0.39, 0.29) is 5.91 Å². The molecule has 1 aromatic carbocycles. The van der Waals surface area contributed by atoms with Crippen LogP contribution in [0.1, 0.15) is 12.6 Å². The molecule has 0 aliphatic rings. The molecule has 25 heavy (non-hydrogen) atoms. The van der Waals surface area contributed by atoms with Crippen molar-refractivity contribution in [2.45, 2.75) is 13.8 Å². The summed E-state index contributed by atoms with van der Waals surface area (Å²) in [5.41, 5.74) is 2.38. The summed E-state index contributed by atoms with van der Waals surface area (Å²) < 4.78 is 5.21. The predicted molar refractivity (Wildman–Crippen MR) is 98.5 cm³/mol. The summed E-state index contributed by atoms with van der Waals surface area (Å²) in [5, 5.41) is 6.41. The van der Waals surface area contributed by atoms with Gasteiger partial charge in [0, 0.05) is 24.9 Å². The molecule has 0 aliphatic carbocycles. The van der Waals surface area contributed by atoms with E-state index in [4.69, 9.17) is 4.74 Å². The first kappa shape index (κ1) is 16.8. The zero-order chi connectivity index (χ0) is 17.8. The van der Waals surface area contributed by atoms with E-state index in [0.29, 0.717) is 11.1 Å². The van der Waals surface area contributed by atoms with Gasteiger partial charge in [-0.2, -0.15) is 0 Å². The predicted octanol–water partition coefficient (Wildman–Crippen LogP) is 3.62. The Labute approximate surface area is 149 Å². The maximum atomic E-state index is 11.2. The number of anilines is 3. The Morgan fingerprint density at radius 1 is 1.24 bits per heavy atom. The summed E-state index contributed by atoms with van der Waals surface area (Å²) in [6, 6.07) is 9.34. The highest BCUT2D eigenvalue weighted by Crippen LogP contribution is 2.32. The van der Waals surface area contributed by atoms with E-state index in [0.717, 1.165) is 27.7 Å². The third-order valence-corrected chi connectivity index (χ3v) is 4.39. The van der Waals surface area contributed by atoms with Gasteiger partial charge in [0.05, 0.1) is 23.4 Å². The van der Waals surface area contributed by atoms with Crippen LogP contribution in [0.25, 0.3) is 10.6 Å². The molecule has 0 unspecified atom stereocenters. The Kier molecular flexibility index (Phi) is 4.90. The smallest absolute Gasteiger partial charge is 0.227 e. The molecule has 2 aromatic heterocycles. The van der Waals surface area contributed by atoms with E-state index in [9.17, 15) is 4.79 Å². The Morgan fingerprint density at radius 2 is 2.08 bits per heavy atom. The summed E-state index contributed by atoms with van der Waals surface area (Å²) >= 11 is 1.38. The summed E-state index contributed by atoms with van der Waals surface area (Å²) in [5.74, 6) is 1.07. The molecule has 0 radical (unpaired) electrons. The molecule has 8 heteroatoms. The number of benzene rings is 1. The van der Waals surface area contributed by atoms with Gasteiger partial charge in [-0.05, 0) is 25.1 Å². The molecule has 3 aromatic rings. The van der Waals surface area contributed by atoms with Gasteiger partial charge in [0.1, 0.15) is 5.75 Å². The zero-order valence-electron chi connectivity index (χ0n) is 14.0. The van der Waals surface area contributed by atoms with Crippen LogP contribution in [0, 0.1) is 6.92 Å². The number of thiazole rings is 1. The third kappa shape index (κ3) is 4.10. The number of methoxy groups -OCH3 is 1. The van der Waals surface area contributed by atoms with Gasteiger partial charge in [-0.15, -0.1) is 0 Å². The lowest BCUT2D eigenvalue weighted by atomic mass is 10.3. The number of hydrogen-bond donors (Lipinski definition) is 2. The summed E-state index contributed by atoms with van der Waals surface area (Å²) in [6.07, 6.45) is 1.68. The first-order valence-electron chi connectivity index (χ1n) is 7.54. The number of aryl methyl sites for hydroxylation is 1. The number of carbonyl (C=O) groups is 1. The molecule has 7 nitrogen and oxygen atoms in total. The molecular weight excluding hydrogens is 338 g/mol. The highest BCUT2D eigenvalue weighted by Gasteiger charge is 2.13. The third-order valence-electron chi connectivity index (χ3n) is 3.29. The number of carbonyl (C=O) groups excluding carboxylic acids is 1. The molecule has 2 N–H and O–H groups in total. The van der Waals surface area contributed by atoms with Crippen molar-refractivity contribution in [3.05, 3.63) is 42.2 Å². The molecule has 1 amide bonds. The molecule has 128 valence electrons. The van der Waals surface area contributed by atoms with E-state index < -0.39 is 0 Å². The van der Waals surface area contributed by atoms with Crippen LogP contribution >= 0.6 is 11.3 Å². The minimum Gasteiger partial charge on any atom is -0.497 e. The lowest BCUT2D eigenvalue weighted by Crippen LogP contribution is -2.04. The summed E-state index contributed by atoms with van der Waals surface area (Å²) in [7, 11) is 1.62. The number of rotatable bonds is 5. The Balaban J connectivity index is 1.86. The van der Waals surface area contributed by atoms with Crippen LogP contribution in [0.15, 0.2) is 36.5 Å². The van der Waals surface area contributed by atoms with E-state index in [2.05, 4.69) is 25.6 Å². The Bertz CT molecular complexity index is 910. The van der Waals surface area contributed by atoms with Crippen LogP contribution < -0.4 is 15.4 Å². The number of hydrogen-bond acceptors (Lipinski definition) is 7. The van der Waals surface area contributed by atoms with Crippen molar-refractivity contribution >= 4 is 34.0 Å². The number of nitrogens with one attached hydrogen (secondary N) is 2. The molecule has 0 saturated heterocycles. The highest BCUT2D eigenvalue weighted by atomic mass is 32.1. The number of ether oxygens (including phenoxy) is 1. The summed E-state index contributed by atoms with van der Waals surface area (Å²) in [6.45, 7) is 3.34. The first-order chi connectivity index (χ1) is 12.0. The van der Waals surface area contributed by atoms with Gasteiger partial charge >= 0.3 is 0 Å². The molecule has 0 atom stereocenters. The van der Waals surface area contributed by atoms with E-state index in [1.54, 1.807) is 13.3 Å². The Hall–Kier alpha value is -3.00. The SMILES string of the molecule is COc1cccc(Nc2nccc(-c3sc(NC(C)=O)nc3C)n2)c1. The first-order valence-corrected chi connectivity index (χ1v) is 8.36. The molecule has 3 rings (SSSR count). The highest BCUT2D eigenvalue weighted by molar-refractivity contribution is 7.19. The molecule has 0 aliphatic heterocycles. The van der Waals surface area contributed by atoms with Crippen molar-refractivity contribution in [1.29, 1.82) is 0 Å². The lowest BCUT2D eigenvalue weighted by Gasteiger charge is -2.07. The number of aromatic nitrogens is 3. The normalized spacial score (nSPS) is 10.4. The minimum absolute atomic E-state index is 0.150. The van der Waals surface area contributed by atoms with Gasteiger partial charge in [-0.25, -0.2) is 15.0 Å². The molecule has 0 spiro atoms. The van der Waals surface area contributed by atoms with Crippen molar-refractivity contribution in [1.82, 2.24) is 15.0 Å². The minimum atomic E-state index is -0.150. The maximum absolute atomic E-state index is 11.2. The monoisotopic (exact) mass is 355 g/mol. The second kappa shape index (κ2) is 7.27. The topological polar surface area (TPSA) is 89.0 Å². The Morgan fingerprint density at radius 3 is 2.84 bits per heavy atom. The van der Waals surface area contributed by atoms with Crippen molar-refractivity contribution in [2.75, 3.05) is 17.7 Å². The van der Waals surface area contributed by atoms with Gasteiger partial charge in [0.15, 0.2) is 5.13 Å². The average Bonchev–Trinajstić information content (AvgIpc) is 2.95. The number of amides is 1. The van der Waals surface area contributed by atoms with Crippen LogP contribution in [0.5, 0.6) is 5.75 Å². The van der Waals surface area contributed by atoms with Crippen LogP contribution in [0.3, 0.4) is 0 Å². The fourth-order valence-corrected chi connectivity index (χ4v) is 3.20. The van der Waals surface area contributed by atoms with E-state index in [1.807, 2.05) is 37.3 Å². The van der Waals surface area contributed by atoms with Crippen molar-refractivity contribution in [2.24, 2.45) is 0 Å². The molecule has 2 heterocycles. The quantitative estimate of drug-likeness (QED) is 0.727. The standard InChI is InChI=1S/C17H17N5O2S/c1-10-15(25-17(19-10)20-11(2)23)14-7-8-18-16(22-14)21-12-5-4-6-13(9-12)24-3/h4-9H,1-3H3,(H,18,21,22)(H,19,20,23). The molecule has 0 bridgehead atoms.